The zero-order valence-corrected chi connectivity index (χ0v) is 52.3. The monoisotopic (exact) mass is 1280 g/mol. The Bertz CT molecular complexity index is 3170. The highest BCUT2D eigenvalue weighted by Crippen LogP contribution is 2.29. The number of hydrogen-bond donors (Lipinski definition) is 15. The highest BCUT2D eigenvalue weighted by atomic mass is 16.5. The van der Waals surface area contributed by atoms with Crippen LogP contribution in [0.4, 0.5) is 21.9 Å². The van der Waals surface area contributed by atoms with E-state index in [1.807, 2.05) is 0 Å². The second-order valence-electron chi connectivity index (χ2n) is 21.1. The average molecular weight is 1290 g/mol. The van der Waals surface area contributed by atoms with E-state index in [9.17, 15) is 53.1 Å². The molecule has 0 aliphatic rings. The number of carbonyl (C=O) groups excluding carboxylic acids is 9. The highest BCUT2D eigenvalue weighted by molar-refractivity contribution is 6.07. The van der Waals surface area contributed by atoms with Gasteiger partial charge in [0.1, 0.15) is 52.9 Å². The van der Waals surface area contributed by atoms with Crippen molar-refractivity contribution in [3.05, 3.63) is 95.1 Å². The molecule has 30 nitrogen and oxygen atoms in total. The number of nitrogens with one attached hydrogen (secondary N) is 8. The molecular formula is C62H88N14O16. The van der Waals surface area contributed by atoms with Crippen LogP contribution in [0.25, 0.3) is 0 Å². The molecule has 0 aromatic heterocycles. The minimum Gasteiger partial charge on any atom is -0.496 e. The van der Waals surface area contributed by atoms with Gasteiger partial charge in [-0.25, -0.2) is 14.4 Å². The van der Waals surface area contributed by atoms with Gasteiger partial charge in [0.2, 0.25) is 17.7 Å². The number of primary amides is 1. The number of hydrogen-bond acceptors (Lipinski definition) is 20. The second kappa shape index (κ2) is 39.5. The van der Waals surface area contributed by atoms with E-state index in [4.69, 9.17) is 58.1 Å². The van der Waals surface area contributed by atoms with Crippen molar-refractivity contribution >= 4 is 76.4 Å². The number of methoxy groups -OCH3 is 4. The molecular weight excluding hydrogens is 1200 g/mol. The fourth-order valence-electron chi connectivity index (χ4n) is 9.32. The third-order valence-corrected chi connectivity index (χ3v) is 14.3. The average Bonchev–Trinajstić information content (AvgIpc) is 1.37. The molecule has 4 aromatic rings. The Labute approximate surface area is 533 Å². The Hall–Kier alpha value is -9.62. The molecule has 0 saturated carbocycles. The lowest BCUT2D eigenvalue weighted by Crippen LogP contribution is -2.44. The molecule has 0 saturated heterocycles. The van der Waals surface area contributed by atoms with Gasteiger partial charge in [-0.15, -0.1) is 0 Å². The topological polar surface area (TPSA) is 489 Å². The molecule has 30 heteroatoms. The summed E-state index contributed by atoms with van der Waals surface area (Å²) in [5, 5.41) is 31.0. The molecule has 0 aliphatic carbocycles. The summed E-state index contributed by atoms with van der Waals surface area (Å²) < 4.78 is 27.5. The predicted molar refractivity (Wildman–Crippen MR) is 343 cm³/mol. The Kier molecular flexibility index (Phi) is 32.1. The van der Waals surface area contributed by atoms with Crippen molar-refractivity contribution in [2.24, 2.45) is 34.4 Å². The van der Waals surface area contributed by atoms with Gasteiger partial charge in [-0.1, -0.05) is 6.42 Å². The number of ether oxygens (including phenoxy) is 5. The molecule has 0 spiro atoms. The van der Waals surface area contributed by atoms with Crippen LogP contribution in [-0.4, -0.2) is 156 Å². The Morgan fingerprint density at radius 2 is 0.761 bits per heavy atom. The fraction of sp³-hybridized carbons (Fsp3) is 0.452. The lowest BCUT2D eigenvalue weighted by Gasteiger charge is -2.21. The van der Waals surface area contributed by atoms with Crippen molar-refractivity contribution in [1.29, 1.82) is 0 Å². The number of nitrogens with two attached hydrogens (primary N) is 6. The van der Waals surface area contributed by atoms with Crippen LogP contribution in [0.3, 0.4) is 0 Å². The molecule has 21 N–H and O–H groups in total. The maximum Gasteiger partial charge on any atom is 0.334 e. The van der Waals surface area contributed by atoms with Crippen molar-refractivity contribution in [3.63, 3.8) is 0 Å². The quantitative estimate of drug-likeness (QED) is 0.0172. The van der Waals surface area contributed by atoms with Gasteiger partial charge in [0.15, 0.2) is 0 Å². The summed E-state index contributed by atoms with van der Waals surface area (Å²) in [5.41, 5.74) is 34.2. The van der Waals surface area contributed by atoms with Gasteiger partial charge < -0.3 is 106 Å². The summed E-state index contributed by atoms with van der Waals surface area (Å²) in [4.78, 5) is 134. The molecule has 0 bridgehead atoms. The number of carboxylic acid groups (broad SMARTS) is 1. The molecule has 0 aliphatic heterocycles. The first-order chi connectivity index (χ1) is 44.1. The van der Waals surface area contributed by atoms with Crippen LogP contribution in [-0.2, 0) is 24.0 Å². The van der Waals surface area contributed by atoms with Crippen LogP contribution in [0, 0.1) is 0 Å². The van der Waals surface area contributed by atoms with Crippen LogP contribution in [0.5, 0.6) is 28.7 Å². The summed E-state index contributed by atoms with van der Waals surface area (Å²) in [5.74, 6) is -7.17. The normalized spacial score (nSPS) is 12.4. The molecule has 4 aromatic carbocycles. The lowest BCUT2D eigenvalue weighted by molar-refractivity contribution is -0.139. The number of rotatable bonds is 41. The van der Waals surface area contributed by atoms with E-state index in [2.05, 4.69) is 42.5 Å². The van der Waals surface area contributed by atoms with Crippen LogP contribution >= 0.6 is 0 Å². The molecule has 5 atom stereocenters. The zero-order valence-electron chi connectivity index (χ0n) is 52.3. The summed E-state index contributed by atoms with van der Waals surface area (Å²) in [6.07, 6.45) is 4.78. The van der Waals surface area contributed by atoms with Crippen molar-refractivity contribution in [2.45, 2.75) is 120 Å². The Balaban J connectivity index is 1.55. The number of amides is 9. The first-order valence-corrected chi connectivity index (χ1v) is 30.1. The van der Waals surface area contributed by atoms with E-state index in [-0.39, 0.29) is 120 Å². The number of carboxylic acids is 1. The van der Waals surface area contributed by atoms with Gasteiger partial charge in [-0.05, 0) is 182 Å². The summed E-state index contributed by atoms with van der Waals surface area (Å²) in [6, 6.07) is 10.0. The molecule has 502 valence electrons. The highest BCUT2D eigenvalue weighted by Gasteiger charge is 2.30. The third kappa shape index (κ3) is 24.0. The van der Waals surface area contributed by atoms with Gasteiger partial charge >= 0.3 is 18.0 Å². The molecule has 0 fully saturated rings. The number of aliphatic carboxylic acids is 1. The zero-order chi connectivity index (χ0) is 67.7. The number of benzene rings is 4. The largest absolute Gasteiger partial charge is 0.496 e. The molecule has 92 heavy (non-hydrogen) atoms. The summed E-state index contributed by atoms with van der Waals surface area (Å²) in [6.45, 7) is 1.38. The van der Waals surface area contributed by atoms with Gasteiger partial charge in [0.05, 0.1) is 56.7 Å². The Morgan fingerprint density at radius 1 is 0.424 bits per heavy atom. The molecule has 0 heterocycles. The van der Waals surface area contributed by atoms with Crippen molar-refractivity contribution in [3.8, 4) is 28.7 Å². The smallest absolute Gasteiger partial charge is 0.334 e. The summed E-state index contributed by atoms with van der Waals surface area (Å²) >= 11 is 0. The first-order valence-electron chi connectivity index (χ1n) is 30.1. The molecule has 4 rings (SSSR count). The van der Waals surface area contributed by atoms with Gasteiger partial charge in [0, 0.05) is 23.6 Å². The molecule has 0 radical (unpaired) electrons. The minimum absolute atomic E-state index is 0.0149. The first kappa shape index (κ1) is 74.8. The standard InChI is InChI=1S/C62H88N14O16/c1-88-49-23-19-36(70-57(81)44(67)14-5-9-27-63)32-40(49)53(77)73-45(15-6-10-28-64)58(82)71-37-20-24-50(89-2)41(33-37)54(78)74-46(16-7-11-29-65)59(83)72-38-21-25-51(90-3)42(34-38)55(79)76-48(17-8-12-30-66)61(86)92-39-22-26-52(91-4)43(35-39)56(80)75-47(60(84)85)18-13-31-69-62(68)87/h19-26,32-35,44-48H,5-18,27-31,63-67H2,1-4H3,(H,70,81)(H,71,82)(H,72,83)(H,73,77)(H,74,78)(H,75,80)(H,76,79)(H,84,85)(H3,68,69,87)/t44-,45-,46-,47-,48-/m0/s1. The van der Waals surface area contributed by atoms with E-state index < -0.39 is 89.5 Å². The van der Waals surface area contributed by atoms with Crippen molar-refractivity contribution < 1.29 is 76.7 Å². The number of carbonyl (C=O) groups is 10. The maximum atomic E-state index is 14.3. The number of urea groups is 1. The predicted octanol–water partition coefficient (Wildman–Crippen LogP) is 2.31. The van der Waals surface area contributed by atoms with Crippen molar-refractivity contribution in [1.82, 2.24) is 26.6 Å². The lowest BCUT2D eigenvalue weighted by atomic mass is 10.1. The third-order valence-electron chi connectivity index (χ3n) is 14.3. The van der Waals surface area contributed by atoms with E-state index in [1.165, 1.54) is 89.1 Å². The van der Waals surface area contributed by atoms with Crippen molar-refractivity contribution in [2.75, 3.05) is 77.1 Å². The second-order valence-corrected chi connectivity index (χ2v) is 21.1. The van der Waals surface area contributed by atoms with Crippen LogP contribution in [0.2, 0.25) is 0 Å². The van der Waals surface area contributed by atoms with Gasteiger partial charge in [0.25, 0.3) is 23.6 Å². The Morgan fingerprint density at radius 3 is 1.14 bits per heavy atom. The number of unbranched alkanes of at least 4 members (excludes halogenated alkanes) is 4. The van der Waals surface area contributed by atoms with Crippen LogP contribution in [0.15, 0.2) is 72.8 Å². The van der Waals surface area contributed by atoms with E-state index in [0.717, 1.165) is 6.07 Å². The van der Waals surface area contributed by atoms with Crippen LogP contribution in [0.1, 0.15) is 131 Å². The van der Waals surface area contributed by atoms with Gasteiger partial charge in [-0.3, -0.25) is 33.6 Å². The fourth-order valence-corrected chi connectivity index (χ4v) is 9.32. The van der Waals surface area contributed by atoms with E-state index in [1.54, 1.807) is 6.07 Å². The summed E-state index contributed by atoms with van der Waals surface area (Å²) in [7, 11) is 5.27. The number of esters is 1. The van der Waals surface area contributed by atoms with Gasteiger partial charge in [-0.2, -0.15) is 0 Å². The SMILES string of the molecule is COc1ccc(OC(=O)[C@H](CCCCN)NC(=O)c2cc(NC(=O)[C@H](CCCCN)NC(=O)c3cc(NC(=O)[C@H](CCCCN)NC(=O)c4cc(NC(=O)[C@@H](N)CCCCN)ccc4OC)ccc3OC)ccc2OC)cc1C(=O)N[C@@H](CCCNC(N)=O)C(=O)O. The molecule has 0 unspecified atom stereocenters. The molecule has 9 amide bonds. The van der Waals surface area contributed by atoms with E-state index in [0.29, 0.717) is 70.9 Å². The van der Waals surface area contributed by atoms with E-state index >= 15 is 0 Å². The minimum atomic E-state index is -1.38. The maximum absolute atomic E-state index is 14.3. The number of anilines is 3. The van der Waals surface area contributed by atoms with Crippen LogP contribution < -0.4 is 101 Å².